The molecule has 0 amide bonds. The molecule has 1 aromatic carbocycles. The van der Waals surface area contributed by atoms with E-state index in [1.54, 1.807) is 19.9 Å². The van der Waals surface area contributed by atoms with E-state index in [1.165, 1.54) is 5.56 Å². The number of aryl methyl sites for hydroxylation is 1. The fraction of sp³-hybridized carbons (Fsp3) is 0.698. The van der Waals surface area contributed by atoms with Crippen molar-refractivity contribution in [1.29, 1.82) is 0 Å². The molecule has 13 atom stereocenters. The van der Waals surface area contributed by atoms with Crippen molar-refractivity contribution in [3.63, 3.8) is 0 Å². The Bertz CT molecular complexity index is 1640. The van der Waals surface area contributed by atoms with E-state index in [4.69, 9.17) is 10.5 Å². The molecule has 3 saturated carbocycles. The van der Waals surface area contributed by atoms with Crippen LogP contribution in [0.2, 0.25) is 0 Å². The van der Waals surface area contributed by atoms with Gasteiger partial charge in [-0.1, -0.05) is 57.2 Å². The molecule has 2 aliphatic heterocycles. The van der Waals surface area contributed by atoms with Crippen LogP contribution in [0.1, 0.15) is 98.0 Å². The second-order valence-corrected chi connectivity index (χ2v) is 18.7. The van der Waals surface area contributed by atoms with Crippen LogP contribution in [-0.4, -0.2) is 79.6 Å². The van der Waals surface area contributed by atoms with E-state index in [2.05, 4.69) is 49.5 Å². The molecule has 52 heavy (non-hydrogen) atoms. The molecule has 8 N–H and O–H groups in total. The standard InChI is InChI=1S/C43H62N2O7/c1-38(25-46,17-13-27-16-20-45-34(44)21-27)42(5,50)37-36(52-37)41(4,49)33-15-19-43(51)31-23-32(48)30-22-29(47)14-18-39(30,2)35(31)28(24-40(33,43)3)12-11-26-9-7-6-8-10-26/h6-10,16,21,23,28-30,33,35-37,45-47,49-51H,11-15,17-20,22,24-25,44H2,1-5H3. The van der Waals surface area contributed by atoms with Gasteiger partial charge in [-0.05, 0) is 130 Å². The third-order valence-electron chi connectivity index (χ3n) is 15.7. The third kappa shape index (κ3) is 5.84. The number of nitrogens with one attached hydrogen (secondary N) is 1. The molecule has 0 bridgehead atoms. The molecule has 0 aromatic heterocycles. The Balaban J connectivity index is 1.18. The van der Waals surface area contributed by atoms with Crippen LogP contribution in [0.3, 0.4) is 0 Å². The molecule has 0 radical (unpaired) electrons. The van der Waals surface area contributed by atoms with Crippen LogP contribution in [-0.2, 0) is 16.0 Å². The highest BCUT2D eigenvalue weighted by Crippen LogP contribution is 2.71. The lowest BCUT2D eigenvalue weighted by atomic mass is 9.43. The van der Waals surface area contributed by atoms with Crippen LogP contribution in [0.5, 0.6) is 0 Å². The van der Waals surface area contributed by atoms with Gasteiger partial charge in [-0.25, -0.2) is 0 Å². The first kappa shape index (κ1) is 37.8. The van der Waals surface area contributed by atoms with Crippen molar-refractivity contribution in [1.82, 2.24) is 5.32 Å². The Morgan fingerprint density at radius 1 is 1.02 bits per heavy atom. The molecule has 9 nitrogen and oxygen atoms in total. The smallest absolute Gasteiger partial charge is 0.159 e. The summed E-state index contributed by atoms with van der Waals surface area (Å²) in [5.41, 5.74) is 2.88. The summed E-state index contributed by atoms with van der Waals surface area (Å²) in [5.74, 6) is 0.0837. The zero-order chi connectivity index (χ0) is 37.5. The summed E-state index contributed by atoms with van der Waals surface area (Å²) in [7, 11) is 0. The van der Waals surface area contributed by atoms with Crippen LogP contribution >= 0.6 is 0 Å². The minimum absolute atomic E-state index is 0.00514. The van der Waals surface area contributed by atoms with E-state index in [-0.39, 0.29) is 41.5 Å². The quantitative estimate of drug-likeness (QED) is 0.164. The highest BCUT2D eigenvalue weighted by atomic mass is 16.6. The summed E-state index contributed by atoms with van der Waals surface area (Å²) >= 11 is 0. The Hall–Kier alpha value is -2.53. The zero-order valence-corrected chi connectivity index (χ0v) is 31.8. The van der Waals surface area contributed by atoms with Gasteiger partial charge >= 0.3 is 0 Å². The van der Waals surface area contributed by atoms with Crippen molar-refractivity contribution in [3.05, 3.63) is 71.1 Å². The minimum atomic E-state index is -1.46. The maximum atomic E-state index is 14.0. The van der Waals surface area contributed by atoms with Gasteiger partial charge in [0.1, 0.15) is 12.2 Å². The number of allylic oxidation sites excluding steroid dienone is 3. The van der Waals surface area contributed by atoms with Gasteiger partial charge in [0.05, 0.1) is 35.3 Å². The lowest BCUT2D eigenvalue weighted by Crippen LogP contribution is -2.64. The number of dihydropyridines is 1. The van der Waals surface area contributed by atoms with Gasteiger partial charge in [-0.15, -0.1) is 0 Å². The van der Waals surface area contributed by atoms with Crippen molar-refractivity contribution >= 4 is 5.78 Å². The molecule has 2 heterocycles. The average Bonchev–Trinajstić information content (AvgIpc) is 3.88. The molecule has 4 aliphatic carbocycles. The third-order valence-corrected chi connectivity index (χ3v) is 15.7. The van der Waals surface area contributed by atoms with E-state index < -0.39 is 45.9 Å². The number of fused-ring (bicyclic) bond motifs is 5. The predicted octanol–water partition coefficient (Wildman–Crippen LogP) is 4.46. The van der Waals surface area contributed by atoms with Crippen LogP contribution in [0.4, 0.5) is 0 Å². The number of aliphatic hydroxyl groups is 5. The SMILES string of the molecule is CC(O)(C1OC1C(C)(O)C(C)(CO)CCC1=CCNC(N)=C1)C1CCC2(O)C3=CC(=O)C4CC(O)CCC4(C)C3C(CCc3ccccc3)CC12C. The topological polar surface area (TPSA) is 169 Å². The average molecular weight is 719 g/mol. The lowest BCUT2D eigenvalue weighted by Gasteiger charge is -2.63. The predicted molar refractivity (Wildman–Crippen MR) is 199 cm³/mol. The number of hydrogen-bond donors (Lipinski definition) is 7. The van der Waals surface area contributed by atoms with E-state index in [1.807, 2.05) is 19.1 Å². The fourth-order valence-electron chi connectivity index (χ4n) is 12.1. The monoisotopic (exact) mass is 718 g/mol. The lowest BCUT2D eigenvalue weighted by molar-refractivity contribution is -0.166. The van der Waals surface area contributed by atoms with Crippen molar-refractivity contribution < 1.29 is 35.1 Å². The molecule has 4 fully saturated rings. The van der Waals surface area contributed by atoms with Crippen LogP contribution in [0, 0.1) is 39.9 Å². The molecule has 6 aliphatic rings. The molecular formula is C43H62N2O7. The number of ether oxygens (including phenoxy) is 1. The van der Waals surface area contributed by atoms with Gasteiger partial charge in [0.15, 0.2) is 5.78 Å². The molecule has 9 heteroatoms. The molecule has 7 rings (SSSR count). The van der Waals surface area contributed by atoms with Crippen molar-refractivity contribution in [2.24, 2.45) is 45.7 Å². The second kappa shape index (κ2) is 13.1. The first-order chi connectivity index (χ1) is 24.4. The fourth-order valence-corrected chi connectivity index (χ4v) is 12.1. The first-order valence-electron chi connectivity index (χ1n) is 19.7. The van der Waals surface area contributed by atoms with E-state index in [0.29, 0.717) is 57.3 Å². The van der Waals surface area contributed by atoms with E-state index in [0.717, 1.165) is 30.4 Å². The van der Waals surface area contributed by atoms with Gasteiger partial charge in [0, 0.05) is 23.3 Å². The molecule has 1 saturated heterocycles. The molecule has 286 valence electrons. The highest BCUT2D eigenvalue weighted by Gasteiger charge is 2.74. The second-order valence-electron chi connectivity index (χ2n) is 18.7. The number of hydrogen-bond acceptors (Lipinski definition) is 9. The Morgan fingerprint density at radius 2 is 1.75 bits per heavy atom. The van der Waals surface area contributed by atoms with Gasteiger partial charge in [0.25, 0.3) is 0 Å². The summed E-state index contributed by atoms with van der Waals surface area (Å²) in [5, 5.41) is 62.3. The van der Waals surface area contributed by atoms with Gasteiger partial charge in [0.2, 0.25) is 0 Å². The van der Waals surface area contributed by atoms with Crippen LogP contribution < -0.4 is 11.1 Å². The van der Waals surface area contributed by atoms with Crippen LogP contribution in [0.15, 0.2) is 65.5 Å². The minimum Gasteiger partial charge on any atom is -0.396 e. The summed E-state index contributed by atoms with van der Waals surface area (Å²) in [4.78, 5) is 14.0. The number of benzene rings is 1. The summed E-state index contributed by atoms with van der Waals surface area (Å²) < 4.78 is 6.28. The number of aliphatic hydroxyl groups excluding tert-OH is 2. The van der Waals surface area contributed by atoms with Gasteiger partial charge in [-0.3, -0.25) is 4.79 Å². The largest absolute Gasteiger partial charge is 0.396 e. The van der Waals surface area contributed by atoms with E-state index >= 15 is 0 Å². The molecule has 13 unspecified atom stereocenters. The van der Waals surface area contributed by atoms with Gasteiger partial charge in [-0.2, -0.15) is 0 Å². The maximum absolute atomic E-state index is 14.0. The summed E-state index contributed by atoms with van der Waals surface area (Å²) in [6.45, 7) is 10.1. The number of ketones is 1. The summed E-state index contributed by atoms with van der Waals surface area (Å²) in [6, 6.07) is 10.4. The Kier molecular flexibility index (Phi) is 9.48. The zero-order valence-electron chi connectivity index (χ0n) is 31.8. The van der Waals surface area contributed by atoms with Crippen molar-refractivity contribution in [2.75, 3.05) is 13.2 Å². The number of epoxide rings is 1. The first-order valence-corrected chi connectivity index (χ1v) is 19.7. The number of rotatable bonds is 11. The molecule has 1 aromatic rings. The van der Waals surface area contributed by atoms with Crippen molar-refractivity contribution in [3.8, 4) is 0 Å². The molecule has 0 spiro atoms. The van der Waals surface area contributed by atoms with Crippen LogP contribution in [0.25, 0.3) is 0 Å². The Morgan fingerprint density at radius 3 is 2.44 bits per heavy atom. The number of carbonyl (C=O) groups is 1. The highest BCUT2D eigenvalue weighted by molar-refractivity contribution is 5.95. The Labute approximate surface area is 309 Å². The molecular weight excluding hydrogens is 656 g/mol. The summed E-state index contributed by atoms with van der Waals surface area (Å²) in [6.07, 6.45) is 10.1. The van der Waals surface area contributed by atoms with Crippen molar-refractivity contribution in [2.45, 2.75) is 134 Å². The maximum Gasteiger partial charge on any atom is 0.159 e. The number of carbonyl (C=O) groups excluding carboxylic acids is 1. The normalized spacial score (nSPS) is 41.8. The van der Waals surface area contributed by atoms with E-state index in [9.17, 15) is 30.3 Å². The number of nitrogens with two attached hydrogens (primary N) is 1. The van der Waals surface area contributed by atoms with Gasteiger partial charge < -0.3 is 41.3 Å².